The van der Waals surface area contributed by atoms with Gasteiger partial charge in [-0.2, -0.15) is 0 Å². The minimum Gasteiger partial charge on any atom is -0.312 e. The van der Waals surface area contributed by atoms with Crippen molar-refractivity contribution in [2.45, 2.75) is 10.9 Å². The average molecular weight is 314 g/mol. The van der Waals surface area contributed by atoms with Crippen LogP contribution in [-0.4, -0.2) is 24.1 Å². The smallest absolute Gasteiger partial charge is 0.191 e. The highest BCUT2D eigenvalue weighted by molar-refractivity contribution is 7.98. The summed E-state index contributed by atoms with van der Waals surface area (Å²) >= 11 is 13.6. The van der Waals surface area contributed by atoms with Gasteiger partial charge in [-0.15, -0.1) is 10.2 Å². The molecule has 98 valence electrons. The van der Waals surface area contributed by atoms with E-state index in [2.05, 4.69) is 15.2 Å². The molecule has 0 unspecified atom stereocenters. The van der Waals surface area contributed by atoms with Gasteiger partial charge < -0.3 is 8.97 Å². The van der Waals surface area contributed by atoms with Crippen LogP contribution in [0.4, 0.5) is 0 Å². The number of nitrogens with zero attached hydrogens (tertiary/aromatic N) is 5. The van der Waals surface area contributed by atoms with Crippen molar-refractivity contribution < 1.29 is 0 Å². The molecule has 0 saturated carbocycles. The van der Waals surface area contributed by atoms with Crippen molar-refractivity contribution in [2.75, 3.05) is 0 Å². The van der Waals surface area contributed by atoms with Crippen molar-refractivity contribution in [3.05, 3.63) is 40.5 Å². The number of halogens is 2. The van der Waals surface area contributed by atoms with Crippen LogP contribution in [-0.2, 0) is 12.8 Å². The normalized spacial score (nSPS) is 11.3. The molecule has 0 radical (unpaired) electrons. The van der Waals surface area contributed by atoms with Crippen LogP contribution in [0.1, 0.15) is 5.69 Å². The number of thioether (sulfide) groups is 1. The first kappa shape index (κ1) is 12.8. The number of pyridine rings is 1. The van der Waals surface area contributed by atoms with Crippen LogP contribution >= 0.6 is 35.0 Å². The molecule has 0 N–H and O–H groups in total. The molecule has 5 nitrogen and oxygen atoms in total. The Bertz CT molecular complexity index is 736. The van der Waals surface area contributed by atoms with Gasteiger partial charge in [-0.1, -0.05) is 35.0 Å². The predicted molar refractivity (Wildman–Crippen MR) is 75.8 cm³/mol. The molecule has 0 aliphatic rings. The summed E-state index contributed by atoms with van der Waals surface area (Å²) in [4.78, 5) is 4.48. The summed E-state index contributed by atoms with van der Waals surface area (Å²) < 4.78 is 3.70. The van der Waals surface area contributed by atoms with Gasteiger partial charge in [-0.25, -0.2) is 4.98 Å². The number of rotatable bonds is 3. The minimum absolute atomic E-state index is 0.544. The summed E-state index contributed by atoms with van der Waals surface area (Å²) in [7, 11) is 1.91. The molecule has 0 saturated heterocycles. The largest absolute Gasteiger partial charge is 0.312 e. The van der Waals surface area contributed by atoms with Gasteiger partial charge in [0.1, 0.15) is 6.33 Å². The van der Waals surface area contributed by atoms with E-state index in [-0.39, 0.29) is 0 Å². The van der Waals surface area contributed by atoms with Crippen molar-refractivity contribution in [1.82, 2.24) is 24.1 Å². The van der Waals surface area contributed by atoms with Crippen LogP contribution in [0, 0.1) is 0 Å². The van der Waals surface area contributed by atoms with Crippen LogP contribution in [0.3, 0.4) is 0 Å². The van der Waals surface area contributed by atoms with Crippen molar-refractivity contribution in [3.63, 3.8) is 0 Å². The summed E-state index contributed by atoms with van der Waals surface area (Å²) in [5.41, 5.74) is 1.62. The van der Waals surface area contributed by atoms with Gasteiger partial charge in [0.05, 0.1) is 15.7 Å². The molecule has 3 aromatic rings. The molecule has 0 fully saturated rings. The Labute approximate surface area is 123 Å². The molecule has 0 aliphatic heterocycles. The number of fused-ring (bicyclic) bond motifs is 1. The number of hydrogen-bond donors (Lipinski definition) is 0. The van der Waals surface area contributed by atoms with E-state index in [1.54, 1.807) is 30.4 Å². The first-order valence-electron chi connectivity index (χ1n) is 5.43. The highest BCUT2D eigenvalue weighted by Gasteiger charge is 2.08. The lowest BCUT2D eigenvalue weighted by Crippen LogP contribution is -1.89. The van der Waals surface area contributed by atoms with Crippen molar-refractivity contribution in [1.29, 1.82) is 0 Å². The Kier molecular flexibility index (Phi) is 3.38. The standard InChI is InChI=1S/C11H9Cl2N5S/c1-17-6-14-16-11(17)19-5-8-4-18-3-7(12)2-9(13)10(18)15-8/h2-4,6H,5H2,1H3. The Morgan fingerprint density at radius 1 is 1.32 bits per heavy atom. The number of aryl methyl sites for hydroxylation is 1. The Morgan fingerprint density at radius 2 is 2.16 bits per heavy atom. The highest BCUT2D eigenvalue weighted by atomic mass is 35.5. The molecule has 8 heteroatoms. The maximum Gasteiger partial charge on any atom is 0.191 e. The average Bonchev–Trinajstić information content (AvgIpc) is 2.92. The van der Waals surface area contributed by atoms with Gasteiger partial charge in [0.15, 0.2) is 10.8 Å². The first-order chi connectivity index (χ1) is 9.13. The Morgan fingerprint density at radius 3 is 2.89 bits per heavy atom. The molecular formula is C11H9Cl2N5S. The fourth-order valence-corrected chi connectivity index (χ4v) is 2.99. The summed E-state index contributed by atoms with van der Waals surface area (Å²) in [6, 6.07) is 1.69. The lowest BCUT2D eigenvalue weighted by Gasteiger charge is -1.96. The van der Waals surface area contributed by atoms with Gasteiger partial charge in [0.25, 0.3) is 0 Å². The molecule has 0 spiro atoms. The van der Waals surface area contributed by atoms with Crippen LogP contribution in [0.5, 0.6) is 0 Å². The third-order valence-electron chi connectivity index (χ3n) is 2.54. The SMILES string of the molecule is Cn1cnnc1SCc1cn2cc(Cl)cc(Cl)c2n1. The van der Waals surface area contributed by atoms with Gasteiger partial charge in [0, 0.05) is 25.2 Å². The highest BCUT2D eigenvalue weighted by Crippen LogP contribution is 2.24. The summed E-state index contributed by atoms with van der Waals surface area (Å²) in [6.45, 7) is 0. The van der Waals surface area contributed by atoms with E-state index in [9.17, 15) is 0 Å². The maximum atomic E-state index is 6.10. The number of hydrogen-bond acceptors (Lipinski definition) is 4. The van der Waals surface area contributed by atoms with Crippen molar-refractivity contribution in [3.8, 4) is 0 Å². The fourth-order valence-electron chi connectivity index (χ4n) is 1.69. The van der Waals surface area contributed by atoms with E-state index in [4.69, 9.17) is 23.2 Å². The van der Waals surface area contributed by atoms with E-state index < -0.39 is 0 Å². The van der Waals surface area contributed by atoms with Crippen LogP contribution in [0.2, 0.25) is 10.0 Å². The topological polar surface area (TPSA) is 48.0 Å². The van der Waals surface area contributed by atoms with Crippen LogP contribution in [0.25, 0.3) is 5.65 Å². The molecular weight excluding hydrogens is 305 g/mol. The molecule has 0 aliphatic carbocycles. The first-order valence-corrected chi connectivity index (χ1v) is 7.17. The molecule has 0 aromatic carbocycles. The number of imidazole rings is 1. The molecule has 19 heavy (non-hydrogen) atoms. The second kappa shape index (κ2) is 5.03. The zero-order valence-electron chi connectivity index (χ0n) is 9.92. The van der Waals surface area contributed by atoms with E-state index in [0.717, 1.165) is 10.9 Å². The third kappa shape index (κ3) is 2.56. The lowest BCUT2D eigenvalue weighted by atomic mass is 10.5. The van der Waals surface area contributed by atoms with Crippen LogP contribution < -0.4 is 0 Å². The summed E-state index contributed by atoms with van der Waals surface area (Å²) in [5.74, 6) is 0.697. The fraction of sp³-hybridized carbons (Fsp3) is 0.182. The third-order valence-corrected chi connectivity index (χ3v) is 4.09. The summed E-state index contributed by atoms with van der Waals surface area (Å²) in [5, 5.41) is 9.82. The predicted octanol–water partition coefficient (Wildman–Crippen LogP) is 3.06. The Balaban J connectivity index is 1.86. The zero-order valence-corrected chi connectivity index (χ0v) is 12.2. The van der Waals surface area contributed by atoms with E-state index >= 15 is 0 Å². The maximum absolute atomic E-state index is 6.10. The van der Waals surface area contributed by atoms with Gasteiger partial charge >= 0.3 is 0 Å². The molecule has 0 amide bonds. The summed E-state index contributed by atoms with van der Waals surface area (Å²) in [6.07, 6.45) is 5.37. The van der Waals surface area contributed by atoms with E-state index in [1.807, 2.05) is 22.2 Å². The lowest BCUT2D eigenvalue weighted by molar-refractivity contribution is 0.788. The minimum atomic E-state index is 0.544. The molecule has 3 aromatic heterocycles. The monoisotopic (exact) mass is 313 g/mol. The van der Waals surface area contributed by atoms with E-state index in [0.29, 0.717) is 21.4 Å². The van der Waals surface area contributed by atoms with Gasteiger partial charge in [0.2, 0.25) is 0 Å². The molecule has 0 bridgehead atoms. The van der Waals surface area contributed by atoms with Crippen molar-refractivity contribution >= 4 is 40.6 Å². The van der Waals surface area contributed by atoms with Gasteiger partial charge in [-0.3, -0.25) is 0 Å². The zero-order chi connectivity index (χ0) is 13.4. The second-order valence-corrected chi connectivity index (χ2v) is 5.77. The van der Waals surface area contributed by atoms with Crippen LogP contribution in [0.15, 0.2) is 29.9 Å². The second-order valence-electron chi connectivity index (χ2n) is 3.98. The number of aromatic nitrogens is 5. The quantitative estimate of drug-likeness (QED) is 0.697. The van der Waals surface area contributed by atoms with E-state index in [1.165, 1.54) is 0 Å². The Hall–Kier alpha value is -1.24. The molecule has 3 heterocycles. The molecule has 0 atom stereocenters. The van der Waals surface area contributed by atoms with Crippen molar-refractivity contribution in [2.24, 2.45) is 7.05 Å². The molecule has 3 rings (SSSR count). The van der Waals surface area contributed by atoms with Gasteiger partial charge in [-0.05, 0) is 6.07 Å².